The Balaban J connectivity index is 2.33. The molecule has 1 aliphatic heterocycles. The van der Waals surface area contributed by atoms with Gasteiger partial charge in [-0.15, -0.1) is 0 Å². The highest BCUT2D eigenvalue weighted by atomic mass is 17.2. The minimum atomic E-state index is -0.477. The van der Waals surface area contributed by atoms with Gasteiger partial charge in [-0.2, -0.15) is 0 Å². The summed E-state index contributed by atoms with van der Waals surface area (Å²) in [7, 11) is 0. The van der Waals surface area contributed by atoms with Gasteiger partial charge in [-0.3, -0.25) is 4.89 Å². The van der Waals surface area contributed by atoms with Crippen molar-refractivity contribution in [1.82, 2.24) is 0 Å². The third-order valence-corrected chi connectivity index (χ3v) is 1.78. The van der Waals surface area contributed by atoms with Crippen molar-refractivity contribution < 1.29 is 14.6 Å². The van der Waals surface area contributed by atoms with Gasteiger partial charge in [-0.05, 0) is 12.5 Å². The van der Waals surface area contributed by atoms with Gasteiger partial charge in [-0.25, -0.2) is 9.68 Å². The van der Waals surface area contributed by atoms with E-state index in [1.807, 2.05) is 18.2 Å². The van der Waals surface area contributed by atoms with Crippen LogP contribution in [0.3, 0.4) is 0 Å². The lowest BCUT2D eigenvalue weighted by Gasteiger charge is -2.08. The van der Waals surface area contributed by atoms with Crippen molar-refractivity contribution in [3.63, 3.8) is 0 Å². The molecule has 0 fully saturated rings. The molecule has 66 valence electrons. The molecular formula is C10H8O3. The molecule has 0 saturated carbocycles. The fourth-order valence-electron chi connectivity index (χ4n) is 1.15. The molecule has 0 radical (unpaired) electrons. The van der Waals surface area contributed by atoms with E-state index in [0.29, 0.717) is 12.2 Å². The molecule has 0 spiro atoms. The van der Waals surface area contributed by atoms with Crippen molar-refractivity contribution in [1.29, 1.82) is 0 Å². The predicted octanol–water partition coefficient (Wildman–Crippen LogP) is 1.64. The minimum Gasteiger partial charge on any atom is -0.286 e. The second kappa shape index (κ2) is 3.31. The lowest BCUT2D eigenvalue weighted by Crippen LogP contribution is -2.08. The Hall–Kier alpha value is -1.77. The maximum atomic E-state index is 10.8. The summed E-state index contributed by atoms with van der Waals surface area (Å²) >= 11 is 0. The summed E-state index contributed by atoms with van der Waals surface area (Å²) in [5.41, 5.74) is 1.01. The van der Waals surface area contributed by atoms with Gasteiger partial charge in [0.2, 0.25) is 0 Å². The maximum absolute atomic E-state index is 10.8. The molecule has 0 saturated heterocycles. The number of allylic oxidation sites excluding steroid dienone is 1. The zero-order valence-electron chi connectivity index (χ0n) is 6.90. The molecular weight excluding hydrogens is 168 g/mol. The van der Waals surface area contributed by atoms with Gasteiger partial charge < -0.3 is 0 Å². The van der Waals surface area contributed by atoms with Crippen molar-refractivity contribution >= 4 is 5.97 Å². The van der Waals surface area contributed by atoms with Crippen LogP contribution < -0.4 is 4.89 Å². The van der Waals surface area contributed by atoms with Gasteiger partial charge in [0.05, 0.1) is 0 Å². The van der Waals surface area contributed by atoms with Crippen molar-refractivity contribution in [3.8, 4) is 5.75 Å². The predicted molar refractivity (Wildman–Crippen MR) is 46.0 cm³/mol. The van der Waals surface area contributed by atoms with E-state index >= 15 is 0 Å². The lowest BCUT2D eigenvalue weighted by molar-refractivity contribution is -0.207. The molecule has 1 heterocycles. The van der Waals surface area contributed by atoms with E-state index in [1.54, 1.807) is 12.1 Å². The van der Waals surface area contributed by atoms with Gasteiger partial charge in [-0.1, -0.05) is 24.3 Å². The number of rotatable bonds is 0. The largest absolute Gasteiger partial charge is 0.378 e. The number of carbonyl (C=O) groups excluding carboxylic acids is 1. The lowest BCUT2D eigenvalue weighted by atomic mass is 10.1. The Morgan fingerprint density at radius 2 is 2.00 bits per heavy atom. The Labute approximate surface area is 75.5 Å². The van der Waals surface area contributed by atoms with Crippen LogP contribution in [0.2, 0.25) is 0 Å². The molecule has 0 aliphatic carbocycles. The van der Waals surface area contributed by atoms with Crippen LogP contribution in [0.1, 0.15) is 5.56 Å². The van der Waals surface area contributed by atoms with E-state index < -0.39 is 5.97 Å². The first-order valence-corrected chi connectivity index (χ1v) is 3.99. The van der Waals surface area contributed by atoms with Crippen LogP contribution in [-0.2, 0) is 16.1 Å². The van der Waals surface area contributed by atoms with E-state index in [2.05, 4.69) is 4.89 Å². The van der Waals surface area contributed by atoms with Crippen LogP contribution in [0.5, 0.6) is 5.75 Å². The highest BCUT2D eigenvalue weighted by Gasteiger charge is 2.08. The fourth-order valence-corrected chi connectivity index (χ4v) is 1.15. The molecule has 13 heavy (non-hydrogen) atoms. The normalized spacial score (nSPS) is 14.9. The number of hydrogen-bond donors (Lipinski definition) is 0. The Morgan fingerprint density at radius 1 is 1.15 bits per heavy atom. The third kappa shape index (κ3) is 1.69. The highest BCUT2D eigenvalue weighted by molar-refractivity contribution is 5.81. The van der Waals surface area contributed by atoms with Gasteiger partial charge in [0.15, 0.2) is 5.75 Å². The number of carbonyl (C=O) groups is 1. The maximum Gasteiger partial charge on any atom is 0.378 e. The Kier molecular flexibility index (Phi) is 2.00. The third-order valence-electron chi connectivity index (χ3n) is 1.78. The molecule has 3 nitrogen and oxygen atoms in total. The zero-order chi connectivity index (χ0) is 9.10. The topological polar surface area (TPSA) is 35.5 Å². The van der Waals surface area contributed by atoms with E-state index in [-0.39, 0.29) is 0 Å². The average molecular weight is 176 g/mol. The molecule has 0 N–H and O–H groups in total. The van der Waals surface area contributed by atoms with Crippen LogP contribution in [0.25, 0.3) is 0 Å². The van der Waals surface area contributed by atoms with Crippen LogP contribution in [-0.4, -0.2) is 5.97 Å². The van der Waals surface area contributed by atoms with Gasteiger partial charge in [0, 0.05) is 11.6 Å². The monoisotopic (exact) mass is 176 g/mol. The van der Waals surface area contributed by atoms with E-state index in [4.69, 9.17) is 4.89 Å². The first-order valence-electron chi connectivity index (χ1n) is 3.99. The van der Waals surface area contributed by atoms with Crippen LogP contribution in [0.15, 0.2) is 36.4 Å². The Bertz CT molecular complexity index is 355. The smallest absolute Gasteiger partial charge is 0.286 e. The van der Waals surface area contributed by atoms with Crippen molar-refractivity contribution in [3.05, 3.63) is 42.0 Å². The van der Waals surface area contributed by atoms with Crippen LogP contribution in [0, 0.1) is 0 Å². The molecule has 2 rings (SSSR count). The van der Waals surface area contributed by atoms with Gasteiger partial charge in [0.25, 0.3) is 0 Å². The zero-order valence-corrected chi connectivity index (χ0v) is 6.90. The molecule has 1 aromatic rings. The summed E-state index contributed by atoms with van der Waals surface area (Å²) in [5, 5.41) is 0. The van der Waals surface area contributed by atoms with Crippen LogP contribution in [0.4, 0.5) is 0 Å². The number of fused-ring (bicyclic) bond motifs is 1. The summed E-state index contributed by atoms with van der Waals surface area (Å²) < 4.78 is 0. The van der Waals surface area contributed by atoms with Crippen molar-refractivity contribution in [2.75, 3.05) is 0 Å². The molecule has 0 unspecified atom stereocenters. The number of para-hydroxylation sites is 1. The quantitative estimate of drug-likeness (QED) is 0.563. The summed E-state index contributed by atoms with van der Waals surface area (Å²) in [4.78, 5) is 20.1. The molecule has 3 heteroatoms. The SMILES string of the molecule is O=C1C=CCc2ccccc2OO1. The molecule has 1 aromatic carbocycles. The molecule has 1 aliphatic rings. The standard InChI is InChI=1S/C10H8O3/c11-10-7-3-5-8-4-1-2-6-9(8)12-13-10/h1-4,6-7H,5H2. The Morgan fingerprint density at radius 3 is 2.92 bits per heavy atom. The second-order valence-electron chi connectivity index (χ2n) is 2.70. The number of hydrogen-bond acceptors (Lipinski definition) is 3. The first-order chi connectivity index (χ1) is 6.36. The highest BCUT2D eigenvalue weighted by Crippen LogP contribution is 2.20. The first kappa shape index (κ1) is 7.86. The van der Waals surface area contributed by atoms with E-state index in [1.165, 1.54) is 6.08 Å². The van der Waals surface area contributed by atoms with Gasteiger partial charge in [0.1, 0.15) is 0 Å². The van der Waals surface area contributed by atoms with E-state index in [0.717, 1.165) is 5.56 Å². The second-order valence-corrected chi connectivity index (χ2v) is 2.70. The number of benzene rings is 1. The summed E-state index contributed by atoms with van der Waals surface area (Å²) in [6.07, 6.45) is 3.80. The summed E-state index contributed by atoms with van der Waals surface area (Å²) in [6.45, 7) is 0. The van der Waals surface area contributed by atoms with E-state index in [9.17, 15) is 4.79 Å². The van der Waals surface area contributed by atoms with Crippen molar-refractivity contribution in [2.24, 2.45) is 0 Å². The van der Waals surface area contributed by atoms with Gasteiger partial charge >= 0.3 is 5.97 Å². The fraction of sp³-hybridized carbons (Fsp3) is 0.100. The van der Waals surface area contributed by atoms with Crippen LogP contribution >= 0.6 is 0 Å². The molecule has 0 amide bonds. The average Bonchev–Trinajstić information content (AvgIpc) is 2.13. The molecule has 0 atom stereocenters. The summed E-state index contributed by atoms with van der Waals surface area (Å²) in [6, 6.07) is 7.44. The summed E-state index contributed by atoms with van der Waals surface area (Å²) in [5.74, 6) is 0.120. The molecule has 0 bridgehead atoms. The minimum absolute atomic E-state index is 0.477. The molecule has 0 aromatic heterocycles. The van der Waals surface area contributed by atoms with Crippen molar-refractivity contribution in [2.45, 2.75) is 6.42 Å².